The summed E-state index contributed by atoms with van der Waals surface area (Å²) in [5.41, 5.74) is 2.61. The molecule has 122 valence electrons. The highest BCUT2D eigenvalue weighted by Gasteiger charge is 2.23. The van der Waals surface area contributed by atoms with Crippen LogP contribution in [-0.4, -0.2) is 66.2 Å². The van der Waals surface area contributed by atoms with Crippen molar-refractivity contribution in [1.29, 1.82) is 0 Å². The molecular weight excluding hydrogens is 296 g/mol. The van der Waals surface area contributed by atoms with Crippen LogP contribution in [0.4, 0.5) is 5.82 Å². The Kier molecular flexibility index (Phi) is 5.55. The van der Waals surface area contributed by atoms with Crippen molar-refractivity contribution in [3.8, 4) is 0 Å². The molecule has 0 aromatic carbocycles. The summed E-state index contributed by atoms with van der Waals surface area (Å²) in [7, 11) is 2.19. The second-order valence-electron chi connectivity index (χ2n) is 5.93. The molecule has 0 unspecified atom stereocenters. The first-order chi connectivity index (χ1) is 10.8. The van der Waals surface area contributed by atoms with Gasteiger partial charge < -0.3 is 14.5 Å². The molecule has 0 aliphatic carbocycles. The molecule has 1 aromatic heterocycles. The number of hydrogen-bond acceptors (Lipinski definition) is 6. The second-order valence-corrected chi connectivity index (χ2v) is 7.15. The van der Waals surface area contributed by atoms with Crippen molar-refractivity contribution < 1.29 is 4.74 Å². The quantitative estimate of drug-likeness (QED) is 0.839. The fraction of sp³-hybridized carbons (Fsp3) is 0.750. The molecule has 0 saturated carbocycles. The molecule has 1 saturated heterocycles. The monoisotopic (exact) mass is 322 g/mol. The van der Waals surface area contributed by atoms with Gasteiger partial charge in [0.2, 0.25) is 0 Å². The highest BCUT2D eigenvalue weighted by atomic mass is 32.2. The van der Waals surface area contributed by atoms with Crippen molar-refractivity contribution >= 4 is 17.6 Å². The van der Waals surface area contributed by atoms with E-state index >= 15 is 0 Å². The Labute approximate surface area is 137 Å². The van der Waals surface area contributed by atoms with Gasteiger partial charge in [-0.1, -0.05) is 0 Å². The van der Waals surface area contributed by atoms with Crippen LogP contribution in [0.15, 0.2) is 0 Å². The predicted molar refractivity (Wildman–Crippen MR) is 91.8 cm³/mol. The Balaban J connectivity index is 1.93. The fourth-order valence-electron chi connectivity index (χ4n) is 3.04. The number of hydrogen-bond donors (Lipinski definition) is 0. The highest BCUT2D eigenvalue weighted by Crippen LogP contribution is 2.26. The number of likely N-dealkylation sites (N-methyl/N-ethyl adjacent to an activating group) is 1. The van der Waals surface area contributed by atoms with Crippen molar-refractivity contribution in [2.24, 2.45) is 0 Å². The van der Waals surface area contributed by atoms with Crippen molar-refractivity contribution in [1.82, 2.24) is 14.9 Å². The second kappa shape index (κ2) is 7.62. The Morgan fingerprint density at radius 3 is 2.64 bits per heavy atom. The van der Waals surface area contributed by atoms with E-state index in [-0.39, 0.29) is 0 Å². The van der Waals surface area contributed by atoms with Crippen LogP contribution in [0, 0.1) is 0 Å². The third-order valence-corrected chi connectivity index (χ3v) is 5.28. The molecule has 1 fully saturated rings. The molecule has 0 amide bonds. The first kappa shape index (κ1) is 16.0. The summed E-state index contributed by atoms with van der Waals surface area (Å²) in [6.45, 7) is 7.61. The molecule has 0 N–H and O–H groups in total. The Bertz CT molecular complexity index is 505. The SMILES string of the molecule is CCOCc1nc2c(c(N3CCSCC3)n1)CCN(C)CC2. The zero-order valence-electron chi connectivity index (χ0n) is 13.7. The van der Waals surface area contributed by atoms with Gasteiger partial charge in [-0.15, -0.1) is 0 Å². The predicted octanol–water partition coefficient (Wildman–Crippen LogP) is 1.60. The lowest BCUT2D eigenvalue weighted by Gasteiger charge is -2.30. The van der Waals surface area contributed by atoms with Crippen LogP contribution in [0.3, 0.4) is 0 Å². The minimum absolute atomic E-state index is 0.523. The highest BCUT2D eigenvalue weighted by molar-refractivity contribution is 7.99. The van der Waals surface area contributed by atoms with Gasteiger partial charge in [0.25, 0.3) is 0 Å². The maximum Gasteiger partial charge on any atom is 0.156 e. The van der Waals surface area contributed by atoms with Gasteiger partial charge in [-0.3, -0.25) is 0 Å². The molecule has 5 nitrogen and oxygen atoms in total. The van der Waals surface area contributed by atoms with Crippen LogP contribution in [0.25, 0.3) is 0 Å². The molecule has 0 atom stereocenters. The Morgan fingerprint density at radius 2 is 1.86 bits per heavy atom. The Hall–Kier alpha value is -0.850. The van der Waals surface area contributed by atoms with Crippen LogP contribution in [0.5, 0.6) is 0 Å². The summed E-state index contributed by atoms with van der Waals surface area (Å²) in [4.78, 5) is 14.5. The first-order valence-electron chi connectivity index (χ1n) is 8.25. The number of thioether (sulfide) groups is 1. The normalized spacial score (nSPS) is 19.8. The molecule has 0 bridgehead atoms. The molecule has 0 radical (unpaired) electrons. The first-order valence-corrected chi connectivity index (χ1v) is 9.41. The van der Waals surface area contributed by atoms with E-state index in [1.165, 1.54) is 28.6 Å². The number of rotatable bonds is 4. The number of ether oxygens (including phenoxy) is 1. The topological polar surface area (TPSA) is 41.5 Å². The molecule has 3 rings (SSSR count). The molecule has 2 aliphatic heterocycles. The minimum Gasteiger partial charge on any atom is -0.374 e. The van der Waals surface area contributed by atoms with Gasteiger partial charge in [0.1, 0.15) is 12.4 Å². The molecular formula is C16H26N4OS. The van der Waals surface area contributed by atoms with Gasteiger partial charge in [-0.05, 0) is 20.4 Å². The maximum atomic E-state index is 5.55. The smallest absolute Gasteiger partial charge is 0.156 e. The lowest BCUT2D eigenvalue weighted by atomic mass is 10.1. The van der Waals surface area contributed by atoms with E-state index < -0.39 is 0 Å². The summed E-state index contributed by atoms with van der Waals surface area (Å²) in [5.74, 6) is 4.41. The van der Waals surface area contributed by atoms with Gasteiger partial charge in [0, 0.05) is 56.3 Å². The Morgan fingerprint density at radius 1 is 1.09 bits per heavy atom. The summed E-state index contributed by atoms with van der Waals surface area (Å²) in [5, 5.41) is 0. The number of fused-ring (bicyclic) bond motifs is 1. The largest absolute Gasteiger partial charge is 0.374 e. The molecule has 2 aliphatic rings. The molecule has 0 spiro atoms. The molecule has 6 heteroatoms. The van der Waals surface area contributed by atoms with Gasteiger partial charge in [0.15, 0.2) is 5.82 Å². The fourth-order valence-corrected chi connectivity index (χ4v) is 3.94. The average molecular weight is 322 g/mol. The van der Waals surface area contributed by atoms with Gasteiger partial charge in [0.05, 0.1) is 5.69 Å². The molecule has 3 heterocycles. The lowest BCUT2D eigenvalue weighted by Crippen LogP contribution is -2.34. The van der Waals surface area contributed by atoms with E-state index in [1.807, 2.05) is 18.7 Å². The van der Waals surface area contributed by atoms with Crippen LogP contribution < -0.4 is 4.90 Å². The molecule has 1 aromatic rings. The number of anilines is 1. The standard InChI is InChI=1S/C16H26N4OS/c1-3-21-12-15-17-14-5-7-19(2)6-4-13(14)16(18-15)20-8-10-22-11-9-20/h3-12H2,1-2H3. The van der Waals surface area contributed by atoms with E-state index in [2.05, 4.69) is 16.8 Å². The van der Waals surface area contributed by atoms with Crippen LogP contribution in [0.2, 0.25) is 0 Å². The lowest BCUT2D eigenvalue weighted by molar-refractivity contribution is 0.128. The summed E-state index contributed by atoms with van der Waals surface area (Å²) >= 11 is 2.04. The van der Waals surface area contributed by atoms with Crippen molar-refractivity contribution in [2.45, 2.75) is 26.4 Å². The third-order valence-electron chi connectivity index (χ3n) is 4.34. The van der Waals surface area contributed by atoms with Gasteiger partial charge >= 0.3 is 0 Å². The summed E-state index contributed by atoms with van der Waals surface area (Å²) in [6.07, 6.45) is 2.07. The van der Waals surface area contributed by atoms with E-state index in [0.717, 1.165) is 44.8 Å². The summed E-state index contributed by atoms with van der Waals surface area (Å²) < 4.78 is 5.55. The zero-order valence-corrected chi connectivity index (χ0v) is 14.5. The van der Waals surface area contributed by atoms with Crippen LogP contribution >= 0.6 is 11.8 Å². The number of nitrogens with zero attached hydrogens (tertiary/aromatic N) is 4. The van der Waals surface area contributed by atoms with Gasteiger partial charge in [-0.2, -0.15) is 11.8 Å². The van der Waals surface area contributed by atoms with Crippen LogP contribution in [0.1, 0.15) is 24.0 Å². The molecule has 22 heavy (non-hydrogen) atoms. The van der Waals surface area contributed by atoms with Crippen molar-refractivity contribution in [3.05, 3.63) is 17.1 Å². The zero-order chi connectivity index (χ0) is 15.4. The maximum absolute atomic E-state index is 5.55. The van der Waals surface area contributed by atoms with Crippen molar-refractivity contribution in [2.75, 3.05) is 56.2 Å². The van der Waals surface area contributed by atoms with E-state index in [1.54, 1.807) is 0 Å². The minimum atomic E-state index is 0.523. The van der Waals surface area contributed by atoms with E-state index in [4.69, 9.17) is 14.7 Å². The van der Waals surface area contributed by atoms with E-state index in [0.29, 0.717) is 13.2 Å². The number of aromatic nitrogens is 2. The van der Waals surface area contributed by atoms with Gasteiger partial charge in [-0.25, -0.2) is 9.97 Å². The summed E-state index contributed by atoms with van der Waals surface area (Å²) in [6, 6.07) is 0. The average Bonchev–Trinajstić information content (AvgIpc) is 2.75. The van der Waals surface area contributed by atoms with Crippen LogP contribution in [-0.2, 0) is 24.2 Å². The van der Waals surface area contributed by atoms with Crippen molar-refractivity contribution in [3.63, 3.8) is 0 Å². The van der Waals surface area contributed by atoms with E-state index in [9.17, 15) is 0 Å². The third kappa shape index (κ3) is 3.73.